The lowest BCUT2D eigenvalue weighted by Crippen LogP contribution is -2.30. The van der Waals surface area contributed by atoms with Gasteiger partial charge in [-0.15, -0.1) is 6.42 Å². The highest BCUT2D eigenvalue weighted by atomic mass is 32.2. The summed E-state index contributed by atoms with van der Waals surface area (Å²) >= 11 is 0. The Morgan fingerprint density at radius 1 is 1.32 bits per heavy atom. The zero-order chi connectivity index (χ0) is 20.9. The number of rotatable bonds is 8. The van der Waals surface area contributed by atoms with Crippen molar-refractivity contribution in [2.24, 2.45) is 0 Å². The van der Waals surface area contributed by atoms with Crippen LogP contribution in [0.5, 0.6) is 0 Å². The van der Waals surface area contributed by atoms with Gasteiger partial charge in [-0.3, -0.25) is 15.1 Å². The molecule has 1 aromatic heterocycles. The molecule has 0 radical (unpaired) electrons. The van der Waals surface area contributed by atoms with E-state index < -0.39 is 14.9 Å². The summed E-state index contributed by atoms with van der Waals surface area (Å²) < 4.78 is 27.1. The van der Waals surface area contributed by atoms with Gasteiger partial charge in [-0.05, 0) is 45.0 Å². The maximum atomic E-state index is 12.4. The molecule has 0 bridgehead atoms. The van der Waals surface area contributed by atoms with Crippen LogP contribution in [0.1, 0.15) is 25.2 Å². The van der Waals surface area contributed by atoms with Crippen LogP contribution in [-0.2, 0) is 16.6 Å². The number of aryl methyl sites for hydroxylation is 1. The molecule has 0 aliphatic rings. The molecule has 0 saturated heterocycles. The molecule has 1 heterocycles. The lowest BCUT2D eigenvalue weighted by atomic mass is 10.2. The monoisotopic (exact) mass is 402 g/mol. The van der Waals surface area contributed by atoms with Gasteiger partial charge in [0.15, 0.2) is 0 Å². The highest BCUT2D eigenvalue weighted by Crippen LogP contribution is 2.31. The molecular weight excluding hydrogens is 380 g/mol. The molecule has 1 N–H and O–H groups in total. The molecule has 0 amide bonds. The largest absolute Gasteiger partial charge is 0.349 e. The van der Waals surface area contributed by atoms with Gasteiger partial charge in [-0.25, -0.2) is 13.1 Å². The number of aromatic nitrogens is 1. The van der Waals surface area contributed by atoms with Crippen molar-refractivity contribution < 1.29 is 13.3 Å². The molecular formula is C19H22N4O4S. The van der Waals surface area contributed by atoms with Gasteiger partial charge in [-0.1, -0.05) is 12.0 Å². The van der Waals surface area contributed by atoms with Crippen LogP contribution >= 0.6 is 0 Å². The minimum absolute atomic E-state index is 0.104. The van der Waals surface area contributed by atoms with E-state index in [1.165, 1.54) is 12.1 Å². The first-order valence-electron chi connectivity index (χ1n) is 8.55. The number of anilines is 1. The third-order valence-electron chi connectivity index (χ3n) is 3.77. The van der Waals surface area contributed by atoms with Gasteiger partial charge in [0.1, 0.15) is 5.69 Å². The number of nitrogens with one attached hydrogen (secondary N) is 1. The number of terminal acetylenes is 1. The highest BCUT2D eigenvalue weighted by Gasteiger charge is 2.25. The summed E-state index contributed by atoms with van der Waals surface area (Å²) in [4.78, 5) is 16.9. The van der Waals surface area contributed by atoms with Crippen molar-refractivity contribution in [3.63, 3.8) is 0 Å². The van der Waals surface area contributed by atoms with Crippen molar-refractivity contribution in [2.75, 3.05) is 11.4 Å². The Hall–Kier alpha value is -2.96. The number of nitrogens with zero attached hydrogens (tertiary/aromatic N) is 3. The molecule has 2 aromatic rings. The van der Waals surface area contributed by atoms with Crippen molar-refractivity contribution in [1.82, 2.24) is 9.71 Å². The standard InChI is InChI=1S/C19H22N4O4S/c1-5-11-22(13-16-8-6-7-15(4)20-16)18-10-9-17(12-19(18)23(24)25)28(26,27)21-14(2)3/h1,6-10,12,14,21H,11,13H2,2-4H3. The molecule has 2 rings (SSSR count). The Morgan fingerprint density at radius 3 is 2.61 bits per heavy atom. The van der Waals surface area contributed by atoms with Crippen molar-refractivity contribution in [3.05, 3.63) is 57.9 Å². The van der Waals surface area contributed by atoms with Gasteiger partial charge >= 0.3 is 0 Å². The van der Waals surface area contributed by atoms with Crippen molar-refractivity contribution in [1.29, 1.82) is 0 Å². The second-order valence-electron chi connectivity index (χ2n) is 6.51. The summed E-state index contributed by atoms with van der Waals surface area (Å²) in [5.41, 5.74) is 1.40. The normalized spacial score (nSPS) is 11.2. The van der Waals surface area contributed by atoms with Crippen LogP contribution in [0.25, 0.3) is 0 Å². The Morgan fingerprint density at radius 2 is 2.04 bits per heavy atom. The van der Waals surface area contributed by atoms with E-state index in [0.717, 1.165) is 11.8 Å². The lowest BCUT2D eigenvalue weighted by Gasteiger charge is -2.22. The van der Waals surface area contributed by atoms with E-state index in [9.17, 15) is 18.5 Å². The van der Waals surface area contributed by atoms with Crippen LogP contribution in [0.15, 0.2) is 41.3 Å². The fourth-order valence-electron chi connectivity index (χ4n) is 2.68. The Labute approximate surface area is 164 Å². The first-order valence-corrected chi connectivity index (χ1v) is 10.0. The third-order valence-corrected chi connectivity index (χ3v) is 5.42. The summed E-state index contributed by atoms with van der Waals surface area (Å²) in [6.45, 7) is 5.54. The van der Waals surface area contributed by atoms with Gasteiger partial charge in [0, 0.05) is 17.8 Å². The number of nitro groups is 1. The number of sulfonamides is 1. The number of pyridine rings is 1. The summed E-state index contributed by atoms with van der Waals surface area (Å²) in [5, 5.41) is 11.6. The second-order valence-corrected chi connectivity index (χ2v) is 8.23. The van der Waals surface area contributed by atoms with Gasteiger partial charge in [-0.2, -0.15) is 0 Å². The van der Waals surface area contributed by atoms with E-state index in [-0.39, 0.29) is 35.4 Å². The first-order chi connectivity index (χ1) is 13.1. The quantitative estimate of drug-likeness (QED) is 0.413. The van der Waals surface area contributed by atoms with Crippen molar-refractivity contribution >= 4 is 21.4 Å². The average molecular weight is 402 g/mol. The van der Waals surface area contributed by atoms with Crippen molar-refractivity contribution in [3.8, 4) is 12.3 Å². The summed E-state index contributed by atoms with van der Waals surface area (Å²) in [6.07, 6.45) is 5.44. The fraction of sp³-hybridized carbons (Fsp3) is 0.316. The molecule has 0 spiro atoms. The summed E-state index contributed by atoms with van der Waals surface area (Å²) in [7, 11) is -3.86. The minimum Gasteiger partial charge on any atom is -0.349 e. The average Bonchev–Trinajstić information content (AvgIpc) is 2.60. The fourth-order valence-corrected chi connectivity index (χ4v) is 3.95. The predicted octanol–water partition coefficient (Wildman–Crippen LogP) is 2.62. The number of benzene rings is 1. The third kappa shape index (κ3) is 5.28. The minimum atomic E-state index is -3.86. The van der Waals surface area contributed by atoms with Crippen LogP contribution in [0.2, 0.25) is 0 Å². The Balaban J connectivity index is 2.49. The zero-order valence-corrected chi connectivity index (χ0v) is 16.7. The van der Waals surface area contributed by atoms with Gasteiger partial charge in [0.05, 0.1) is 28.6 Å². The van der Waals surface area contributed by atoms with Gasteiger partial charge in [0.2, 0.25) is 10.0 Å². The number of hydrogen-bond donors (Lipinski definition) is 1. The Bertz CT molecular complexity index is 1010. The molecule has 28 heavy (non-hydrogen) atoms. The molecule has 8 nitrogen and oxygen atoms in total. The molecule has 0 aliphatic heterocycles. The van der Waals surface area contributed by atoms with E-state index in [2.05, 4.69) is 15.6 Å². The van der Waals surface area contributed by atoms with E-state index in [1.54, 1.807) is 24.8 Å². The SMILES string of the molecule is C#CCN(Cc1cccc(C)n1)c1ccc(S(=O)(=O)NC(C)C)cc1[N+](=O)[O-]. The second kappa shape index (κ2) is 8.82. The first kappa shape index (κ1) is 21.3. The van der Waals surface area contributed by atoms with E-state index in [1.807, 2.05) is 19.1 Å². The van der Waals surface area contributed by atoms with Crippen LogP contribution in [0.3, 0.4) is 0 Å². The molecule has 9 heteroatoms. The van der Waals surface area contributed by atoms with E-state index in [4.69, 9.17) is 6.42 Å². The zero-order valence-electron chi connectivity index (χ0n) is 15.9. The van der Waals surface area contributed by atoms with Gasteiger partial charge < -0.3 is 4.90 Å². The maximum absolute atomic E-state index is 12.4. The van der Waals surface area contributed by atoms with Gasteiger partial charge in [0.25, 0.3) is 5.69 Å². The lowest BCUT2D eigenvalue weighted by molar-refractivity contribution is -0.384. The Kier molecular flexibility index (Phi) is 6.72. The van der Waals surface area contributed by atoms with Crippen LogP contribution < -0.4 is 9.62 Å². The maximum Gasteiger partial charge on any atom is 0.293 e. The molecule has 148 valence electrons. The van der Waals surface area contributed by atoms with Crippen molar-refractivity contribution in [2.45, 2.75) is 38.3 Å². The molecule has 0 fully saturated rings. The predicted molar refractivity (Wildman–Crippen MR) is 107 cm³/mol. The number of nitro benzene ring substituents is 1. The number of hydrogen-bond acceptors (Lipinski definition) is 6. The van der Waals surface area contributed by atoms with Crippen LogP contribution in [0, 0.1) is 29.4 Å². The summed E-state index contributed by atoms with van der Waals surface area (Å²) in [6, 6.07) is 8.93. The van der Waals surface area contributed by atoms with Crippen LogP contribution in [-0.4, -0.2) is 30.9 Å². The topological polar surface area (TPSA) is 105 Å². The summed E-state index contributed by atoms with van der Waals surface area (Å²) in [5.74, 6) is 2.48. The smallest absolute Gasteiger partial charge is 0.293 e. The van der Waals surface area contributed by atoms with E-state index in [0.29, 0.717) is 5.69 Å². The molecule has 0 saturated carbocycles. The highest BCUT2D eigenvalue weighted by molar-refractivity contribution is 7.89. The molecule has 0 atom stereocenters. The molecule has 0 unspecified atom stereocenters. The van der Waals surface area contributed by atoms with E-state index >= 15 is 0 Å². The van der Waals surface area contributed by atoms with Crippen LogP contribution in [0.4, 0.5) is 11.4 Å². The molecule has 0 aliphatic carbocycles. The molecule has 1 aromatic carbocycles.